The number of hydrogen-bond donors (Lipinski definition) is 2. The summed E-state index contributed by atoms with van der Waals surface area (Å²) in [5.74, 6) is 0.148. The molecule has 1 aliphatic heterocycles. The number of fused-ring (bicyclic) bond motifs is 1. The van der Waals surface area contributed by atoms with Crippen LogP contribution in [0.4, 0.5) is 0 Å². The van der Waals surface area contributed by atoms with Crippen LogP contribution < -0.4 is 4.74 Å². The molecule has 0 bridgehead atoms. The number of phenolic OH excluding ortho intramolecular Hbond substituents is 1. The third-order valence-electron chi connectivity index (χ3n) is 2.73. The fourth-order valence-electron chi connectivity index (χ4n) is 1.90. The number of carboxylic acids is 1. The summed E-state index contributed by atoms with van der Waals surface area (Å²) in [6.45, 7) is 0.660. The molecule has 0 fully saturated rings. The number of ether oxygens (including phenoxy) is 1. The Kier molecular flexibility index (Phi) is 2.99. The lowest BCUT2D eigenvalue weighted by Crippen LogP contribution is -1.96. The number of aromatic hydroxyl groups is 1. The van der Waals surface area contributed by atoms with Crippen molar-refractivity contribution in [1.82, 2.24) is 0 Å². The van der Waals surface area contributed by atoms with Gasteiger partial charge in [0.05, 0.1) is 6.61 Å². The van der Waals surface area contributed by atoms with Crippen LogP contribution in [0.1, 0.15) is 24.0 Å². The Bertz CT molecular complexity index is 412. The fraction of sp³-hybridized carbons (Fsp3) is 0.417. The van der Waals surface area contributed by atoms with Gasteiger partial charge in [-0.05, 0) is 30.0 Å². The molecule has 1 heterocycles. The van der Waals surface area contributed by atoms with Gasteiger partial charge in [-0.3, -0.25) is 4.79 Å². The first-order valence-corrected chi connectivity index (χ1v) is 5.36. The first-order valence-electron chi connectivity index (χ1n) is 5.36. The molecule has 1 aromatic carbocycles. The van der Waals surface area contributed by atoms with Crippen molar-refractivity contribution in [2.24, 2.45) is 0 Å². The Morgan fingerprint density at radius 3 is 3.00 bits per heavy atom. The Labute approximate surface area is 93.5 Å². The molecule has 86 valence electrons. The van der Waals surface area contributed by atoms with Gasteiger partial charge in [0.25, 0.3) is 0 Å². The van der Waals surface area contributed by atoms with E-state index in [1.54, 1.807) is 6.07 Å². The van der Waals surface area contributed by atoms with Gasteiger partial charge < -0.3 is 14.9 Å². The van der Waals surface area contributed by atoms with Gasteiger partial charge in [-0.25, -0.2) is 0 Å². The summed E-state index contributed by atoms with van der Waals surface area (Å²) < 4.78 is 5.32. The second kappa shape index (κ2) is 4.43. The van der Waals surface area contributed by atoms with Gasteiger partial charge >= 0.3 is 5.97 Å². The number of rotatable bonds is 4. The van der Waals surface area contributed by atoms with Crippen molar-refractivity contribution in [2.75, 3.05) is 6.61 Å². The highest BCUT2D eigenvalue weighted by Gasteiger charge is 2.15. The Morgan fingerprint density at radius 1 is 1.44 bits per heavy atom. The number of carbonyl (C=O) groups is 1. The lowest BCUT2D eigenvalue weighted by Gasteiger charge is -2.06. The molecule has 16 heavy (non-hydrogen) atoms. The molecule has 0 amide bonds. The molecule has 1 aromatic rings. The van der Waals surface area contributed by atoms with Crippen LogP contribution >= 0.6 is 0 Å². The number of phenols is 1. The summed E-state index contributed by atoms with van der Waals surface area (Å²) in [5.41, 5.74) is 1.91. The predicted molar refractivity (Wildman–Crippen MR) is 57.9 cm³/mol. The lowest BCUT2D eigenvalue weighted by molar-refractivity contribution is -0.137. The van der Waals surface area contributed by atoms with Gasteiger partial charge in [0.1, 0.15) is 11.5 Å². The Morgan fingerprint density at radius 2 is 2.25 bits per heavy atom. The van der Waals surface area contributed by atoms with Gasteiger partial charge in [-0.15, -0.1) is 0 Å². The third-order valence-corrected chi connectivity index (χ3v) is 2.73. The molecule has 0 saturated carbocycles. The molecule has 0 unspecified atom stereocenters. The van der Waals surface area contributed by atoms with E-state index in [1.807, 2.05) is 6.07 Å². The van der Waals surface area contributed by atoms with Crippen LogP contribution in [-0.4, -0.2) is 22.8 Å². The van der Waals surface area contributed by atoms with Crippen LogP contribution in [0.2, 0.25) is 0 Å². The molecule has 0 aliphatic carbocycles. The average molecular weight is 222 g/mol. The topological polar surface area (TPSA) is 66.8 Å². The second-order valence-corrected chi connectivity index (χ2v) is 3.93. The summed E-state index contributed by atoms with van der Waals surface area (Å²) in [4.78, 5) is 10.4. The highest BCUT2D eigenvalue weighted by atomic mass is 16.5. The van der Waals surface area contributed by atoms with Gasteiger partial charge in [-0.1, -0.05) is 0 Å². The first-order chi connectivity index (χ1) is 7.66. The number of benzene rings is 1. The molecule has 0 saturated heterocycles. The van der Waals surface area contributed by atoms with Crippen LogP contribution in [0.5, 0.6) is 11.5 Å². The van der Waals surface area contributed by atoms with Crippen LogP contribution in [0.3, 0.4) is 0 Å². The summed E-state index contributed by atoms with van der Waals surface area (Å²) in [7, 11) is 0. The fourth-order valence-corrected chi connectivity index (χ4v) is 1.90. The molecule has 2 rings (SSSR count). The van der Waals surface area contributed by atoms with Crippen molar-refractivity contribution in [3.63, 3.8) is 0 Å². The largest absolute Gasteiger partial charge is 0.508 e. The van der Waals surface area contributed by atoms with Crippen molar-refractivity contribution in [3.05, 3.63) is 23.3 Å². The SMILES string of the molecule is O=C(O)CCCc1cc2c(cc1O)OCC2. The lowest BCUT2D eigenvalue weighted by atomic mass is 10.0. The van der Waals surface area contributed by atoms with Crippen LogP contribution in [0.15, 0.2) is 12.1 Å². The molecule has 4 nitrogen and oxygen atoms in total. The van der Waals surface area contributed by atoms with E-state index < -0.39 is 5.97 Å². The maximum atomic E-state index is 10.4. The van der Waals surface area contributed by atoms with E-state index in [0.29, 0.717) is 19.4 Å². The minimum atomic E-state index is -0.802. The normalized spacial score (nSPS) is 13.2. The number of aryl methyl sites for hydroxylation is 1. The first kappa shape index (κ1) is 10.8. The molecule has 2 N–H and O–H groups in total. The monoisotopic (exact) mass is 222 g/mol. The smallest absolute Gasteiger partial charge is 0.303 e. The van der Waals surface area contributed by atoms with Crippen LogP contribution in [0.25, 0.3) is 0 Å². The van der Waals surface area contributed by atoms with Crippen molar-refractivity contribution in [1.29, 1.82) is 0 Å². The summed E-state index contributed by atoms with van der Waals surface area (Å²) in [5, 5.41) is 18.2. The van der Waals surface area contributed by atoms with Crippen molar-refractivity contribution in [2.45, 2.75) is 25.7 Å². The maximum Gasteiger partial charge on any atom is 0.303 e. The van der Waals surface area contributed by atoms with Crippen LogP contribution in [0, 0.1) is 0 Å². The number of aliphatic carboxylic acids is 1. The molecule has 0 radical (unpaired) electrons. The quantitative estimate of drug-likeness (QED) is 0.814. The summed E-state index contributed by atoms with van der Waals surface area (Å²) >= 11 is 0. The van der Waals surface area contributed by atoms with Crippen molar-refractivity contribution in [3.8, 4) is 11.5 Å². The van der Waals surface area contributed by atoms with Gasteiger partial charge in [0.2, 0.25) is 0 Å². The van der Waals surface area contributed by atoms with Gasteiger partial charge in [-0.2, -0.15) is 0 Å². The molecule has 1 aliphatic rings. The second-order valence-electron chi connectivity index (χ2n) is 3.93. The third kappa shape index (κ3) is 2.27. The standard InChI is InChI=1S/C12H14O4/c13-10-7-11-9(4-5-16-11)6-8(10)2-1-3-12(14)15/h6-7,13H,1-5H2,(H,14,15). The molecule has 0 aromatic heterocycles. The Balaban J connectivity index is 2.06. The Hall–Kier alpha value is -1.71. The average Bonchev–Trinajstić information content (AvgIpc) is 2.64. The van der Waals surface area contributed by atoms with E-state index >= 15 is 0 Å². The minimum absolute atomic E-state index is 0.132. The van der Waals surface area contributed by atoms with Crippen molar-refractivity contribution >= 4 is 5.97 Å². The van der Waals surface area contributed by atoms with E-state index in [0.717, 1.165) is 23.3 Å². The molecular weight excluding hydrogens is 208 g/mol. The van der Waals surface area contributed by atoms with Gasteiger partial charge in [0, 0.05) is 18.9 Å². The predicted octanol–water partition coefficient (Wildman–Crippen LogP) is 1.73. The highest BCUT2D eigenvalue weighted by molar-refractivity contribution is 5.66. The van der Waals surface area contributed by atoms with Gasteiger partial charge in [0.15, 0.2) is 0 Å². The molecule has 4 heteroatoms. The highest BCUT2D eigenvalue weighted by Crippen LogP contribution is 2.32. The zero-order valence-electron chi connectivity index (χ0n) is 8.90. The summed E-state index contributed by atoms with van der Waals surface area (Å²) in [6, 6.07) is 3.54. The molecule has 0 atom stereocenters. The van der Waals surface area contributed by atoms with Crippen LogP contribution in [-0.2, 0) is 17.6 Å². The summed E-state index contributed by atoms with van der Waals surface area (Å²) in [6.07, 6.45) is 2.13. The van der Waals surface area contributed by atoms with E-state index in [9.17, 15) is 9.90 Å². The molecule has 0 spiro atoms. The van der Waals surface area contributed by atoms with E-state index in [1.165, 1.54) is 0 Å². The molecular formula is C12H14O4. The van der Waals surface area contributed by atoms with E-state index in [-0.39, 0.29) is 12.2 Å². The van der Waals surface area contributed by atoms with E-state index in [4.69, 9.17) is 9.84 Å². The minimum Gasteiger partial charge on any atom is -0.508 e. The maximum absolute atomic E-state index is 10.4. The zero-order valence-corrected chi connectivity index (χ0v) is 8.90. The number of hydrogen-bond acceptors (Lipinski definition) is 3. The van der Waals surface area contributed by atoms with Crippen molar-refractivity contribution < 1.29 is 19.7 Å². The van der Waals surface area contributed by atoms with E-state index in [2.05, 4.69) is 0 Å². The number of carboxylic acid groups (broad SMARTS) is 1. The zero-order chi connectivity index (χ0) is 11.5.